The molecule has 13 heteroatoms. The molecular formula is C13H22N5O7P. The van der Waals surface area contributed by atoms with Crippen molar-refractivity contribution in [2.75, 3.05) is 35.8 Å². The molecule has 2 aliphatic heterocycles. The molecule has 26 heavy (non-hydrogen) atoms. The van der Waals surface area contributed by atoms with Gasteiger partial charge in [-0.25, -0.2) is 4.98 Å². The van der Waals surface area contributed by atoms with Gasteiger partial charge >= 0.3 is 7.60 Å². The molecule has 1 saturated heterocycles. The van der Waals surface area contributed by atoms with Gasteiger partial charge in [-0.3, -0.25) is 4.57 Å². The molecule has 1 fully saturated rings. The lowest BCUT2D eigenvalue weighted by molar-refractivity contribution is -0.0629. The highest BCUT2D eigenvalue weighted by molar-refractivity contribution is 7.61. The van der Waals surface area contributed by atoms with Crippen LogP contribution in [0.3, 0.4) is 0 Å². The van der Waals surface area contributed by atoms with Gasteiger partial charge in [-0.2, -0.15) is 4.98 Å². The highest BCUT2D eigenvalue weighted by atomic mass is 31.2. The summed E-state index contributed by atoms with van der Waals surface area (Å²) in [7, 11) is -4.25. The summed E-state index contributed by atoms with van der Waals surface area (Å²) in [4.78, 5) is 19.4. The summed E-state index contributed by atoms with van der Waals surface area (Å²) in [5, 5.41) is 33.0. The topological polar surface area (TPSA) is 184 Å². The molecule has 3 rings (SSSR count). The Morgan fingerprint density at radius 1 is 1.54 bits per heavy atom. The Hall–Kier alpha value is -1.53. The number of anilines is 3. The lowest BCUT2D eigenvalue weighted by Crippen LogP contribution is -2.53. The van der Waals surface area contributed by atoms with Crippen LogP contribution in [-0.4, -0.2) is 74.1 Å². The van der Waals surface area contributed by atoms with Crippen molar-refractivity contribution >= 4 is 30.5 Å². The standard InChI is InChI=1S/C13H22N5O7P/c1-3-24-26(22,23)10-7-9(16-12(14)17-10)18(5-15-7)11-13(2,21)8(20)6(4-19)25-11/h6,8,11,15,19-21H,3-5H2,1-2H3,(H,22,23)(H2,14,16,17)/t6-,8-,11-,13-/m1/s1. The number of aliphatic hydroxyl groups excluding tert-OH is 2. The van der Waals surface area contributed by atoms with Gasteiger partial charge in [0.05, 0.1) is 19.9 Å². The molecule has 1 aromatic heterocycles. The smallest absolute Gasteiger partial charge is 0.379 e. The second-order valence-electron chi connectivity index (χ2n) is 6.23. The number of nitrogens with zero attached hydrogens (tertiary/aromatic N) is 3. The van der Waals surface area contributed by atoms with E-state index in [4.69, 9.17) is 15.0 Å². The number of rotatable bonds is 5. The Kier molecular flexibility index (Phi) is 4.86. The van der Waals surface area contributed by atoms with E-state index in [-0.39, 0.29) is 36.2 Å². The van der Waals surface area contributed by atoms with Gasteiger partial charge in [-0.05, 0) is 13.8 Å². The van der Waals surface area contributed by atoms with Gasteiger partial charge in [0, 0.05) is 0 Å². The molecule has 2 aliphatic rings. The fourth-order valence-corrected chi connectivity index (χ4v) is 4.29. The van der Waals surface area contributed by atoms with Crippen LogP contribution < -0.4 is 21.4 Å². The molecule has 0 spiro atoms. The predicted molar refractivity (Wildman–Crippen MR) is 90.9 cm³/mol. The molecule has 5 atom stereocenters. The van der Waals surface area contributed by atoms with E-state index in [0.29, 0.717) is 0 Å². The number of ether oxygens (including phenoxy) is 1. The number of nitrogens with two attached hydrogens (primary N) is 1. The largest absolute Gasteiger partial charge is 0.394 e. The zero-order valence-electron chi connectivity index (χ0n) is 14.2. The van der Waals surface area contributed by atoms with Crippen LogP contribution in [0.25, 0.3) is 0 Å². The second kappa shape index (κ2) is 6.57. The third-order valence-corrected chi connectivity index (χ3v) is 5.84. The third kappa shape index (κ3) is 2.93. The summed E-state index contributed by atoms with van der Waals surface area (Å²) in [6, 6.07) is 0. The highest BCUT2D eigenvalue weighted by Crippen LogP contribution is 2.47. The fraction of sp³-hybridized carbons (Fsp3) is 0.692. The van der Waals surface area contributed by atoms with E-state index in [1.54, 1.807) is 6.92 Å². The highest BCUT2D eigenvalue weighted by Gasteiger charge is 2.56. The Labute approximate surface area is 149 Å². The van der Waals surface area contributed by atoms with Crippen molar-refractivity contribution in [1.29, 1.82) is 0 Å². The normalized spacial score (nSPS) is 33.0. The first-order valence-corrected chi connectivity index (χ1v) is 9.54. The zero-order valence-corrected chi connectivity index (χ0v) is 15.1. The van der Waals surface area contributed by atoms with Crippen LogP contribution in [0.1, 0.15) is 13.8 Å². The minimum Gasteiger partial charge on any atom is -0.394 e. The Morgan fingerprint density at radius 2 is 2.23 bits per heavy atom. The summed E-state index contributed by atoms with van der Waals surface area (Å²) < 4.78 is 22.9. The third-order valence-electron chi connectivity index (χ3n) is 4.38. The molecule has 0 aliphatic carbocycles. The van der Waals surface area contributed by atoms with Crippen molar-refractivity contribution in [2.45, 2.75) is 37.9 Å². The summed E-state index contributed by atoms with van der Waals surface area (Å²) in [6.45, 7) is 2.46. The molecule has 0 bridgehead atoms. The molecule has 12 nitrogen and oxygen atoms in total. The van der Waals surface area contributed by atoms with Crippen molar-refractivity contribution in [3.63, 3.8) is 0 Å². The van der Waals surface area contributed by atoms with Crippen LogP contribution >= 0.6 is 7.60 Å². The minimum absolute atomic E-state index is 0.0129. The first-order valence-electron chi connectivity index (χ1n) is 7.96. The molecule has 7 N–H and O–H groups in total. The first kappa shape index (κ1) is 19.2. The molecule has 0 radical (unpaired) electrons. The molecule has 0 saturated carbocycles. The first-order chi connectivity index (χ1) is 12.1. The van der Waals surface area contributed by atoms with E-state index in [9.17, 15) is 24.8 Å². The summed E-state index contributed by atoms with van der Waals surface area (Å²) in [5.41, 5.74) is 3.77. The van der Waals surface area contributed by atoms with E-state index >= 15 is 0 Å². The van der Waals surface area contributed by atoms with Gasteiger partial charge in [-0.1, -0.05) is 0 Å². The number of nitrogen functional groups attached to an aromatic ring is 1. The summed E-state index contributed by atoms with van der Waals surface area (Å²) in [5.74, 6) is -0.143. The average Bonchev–Trinajstić information content (AvgIpc) is 3.06. The Bertz CT molecular complexity index is 748. The quantitative estimate of drug-likeness (QED) is 0.302. The lowest BCUT2D eigenvalue weighted by Gasteiger charge is -2.33. The zero-order chi connectivity index (χ0) is 19.3. The van der Waals surface area contributed by atoms with Crippen molar-refractivity contribution in [2.24, 2.45) is 0 Å². The molecule has 1 unspecified atom stereocenters. The fourth-order valence-electron chi connectivity index (χ4n) is 3.13. The van der Waals surface area contributed by atoms with Gasteiger partial charge in [0.2, 0.25) is 5.95 Å². The molecule has 146 valence electrons. The van der Waals surface area contributed by atoms with E-state index in [1.165, 1.54) is 11.8 Å². The molecule has 0 amide bonds. The monoisotopic (exact) mass is 391 g/mol. The number of hydrogen-bond donors (Lipinski definition) is 6. The second-order valence-corrected chi connectivity index (χ2v) is 7.95. The van der Waals surface area contributed by atoms with Gasteiger partial charge in [-0.15, -0.1) is 0 Å². The van der Waals surface area contributed by atoms with Crippen molar-refractivity contribution in [3.05, 3.63) is 0 Å². The molecular weight excluding hydrogens is 369 g/mol. The van der Waals surface area contributed by atoms with Gasteiger partial charge in [0.15, 0.2) is 17.5 Å². The van der Waals surface area contributed by atoms with Crippen LogP contribution in [0.15, 0.2) is 0 Å². The van der Waals surface area contributed by atoms with E-state index < -0.39 is 38.2 Å². The van der Waals surface area contributed by atoms with Crippen LogP contribution in [0.4, 0.5) is 17.5 Å². The van der Waals surface area contributed by atoms with Crippen LogP contribution in [-0.2, 0) is 13.8 Å². The Morgan fingerprint density at radius 3 is 2.81 bits per heavy atom. The van der Waals surface area contributed by atoms with E-state index in [1.807, 2.05) is 0 Å². The maximum absolute atomic E-state index is 12.4. The minimum atomic E-state index is -4.25. The maximum Gasteiger partial charge on any atom is 0.379 e. The lowest BCUT2D eigenvalue weighted by atomic mass is 9.96. The van der Waals surface area contributed by atoms with Crippen molar-refractivity contribution in [1.82, 2.24) is 9.97 Å². The molecule has 3 heterocycles. The number of aliphatic hydroxyl groups is 3. The van der Waals surface area contributed by atoms with E-state index in [2.05, 4.69) is 15.3 Å². The van der Waals surface area contributed by atoms with Gasteiger partial charge in [0.1, 0.15) is 23.5 Å². The number of nitrogens with one attached hydrogen (secondary N) is 1. The van der Waals surface area contributed by atoms with Crippen LogP contribution in [0.5, 0.6) is 0 Å². The van der Waals surface area contributed by atoms with Crippen LogP contribution in [0, 0.1) is 0 Å². The SMILES string of the molecule is CCOP(=O)(O)c1nc(N)nc2c1NCN2[C@@H]1O[C@H](CO)[C@@H](O)[C@@]1(C)O. The Balaban J connectivity index is 2.03. The van der Waals surface area contributed by atoms with Crippen molar-refractivity contribution in [3.8, 4) is 0 Å². The summed E-state index contributed by atoms with van der Waals surface area (Å²) >= 11 is 0. The van der Waals surface area contributed by atoms with Gasteiger partial charge in [0.25, 0.3) is 0 Å². The van der Waals surface area contributed by atoms with Crippen molar-refractivity contribution < 1.29 is 34.0 Å². The predicted octanol–water partition coefficient (Wildman–Crippen LogP) is -2.08. The van der Waals surface area contributed by atoms with Gasteiger partial charge < -0.3 is 45.4 Å². The maximum atomic E-state index is 12.4. The van der Waals surface area contributed by atoms with E-state index in [0.717, 1.165) is 0 Å². The molecule has 1 aromatic rings. The average molecular weight is 391 g/mol. The summed E-state index contributed by atoms with van der Waals surface area (Å²) in [6.07, 6.45) is -3.42. The molecule has 0 aromatic carbocycles. The number of fused-ring (bicyclic) bond motifs is 1. The number of aromatic nitrogens is 2. The number of hydrogen-bond acceptors (Lipinski definition) is 11. The van der Waals surface area contributed by atoms with Crippen LogP contribution in [0.2, 0.25) is 0 Å².